The predicted molar refractivity (Wildman–Crippen MR) is 270 cm³/mol. The molecule has 0 radical (unpaired) electrons. The third kappa shape index (κ3) is 21.2. The smallest absolute Gasteiger partial charge is 0.297 e. The van der Waals surface area contributed by atoms with Gasteiger partial charge in [0.1, 0.15) is 6.17 Å². The van der Waals surface area contributed by atoms with E-state index < -0.39 is 24.4 Å². The lowest BCUT2D eigenvalue weighted by molar-refractivity contribution is -0.236. The van der Waals surface area contributed by atoms with Crippen molar-refractivity contribution in [3.8, 4) is 142 Å². The Kier molecular flexibility index (Phi) is 23.9. The van der Waals surface area contributed by atoms with Crippen LogP contribution in [-0.4, -0.2) is 37.1 Å². The number of alkyl halides is 1. The van der Waals surface area contributed by atoms with E-state index in [1.165, 1.54) is 0 Å². The topological polar surface area (TPSA) is 47.6 Å². The number of amides is 1. The zero-order chi connectivity index (χ0) is 40.6. The van der Waals surface area contributed by atoms with Gasteiger partial charge >= 0.3 is 0 Å². The van der Waals surface area contributed by atoms with Gasteiger partial charge in [-0.05, 0) is 139 Å². The number of hydrogen-bond donors (Lipinski definition) is 1. The standard InChI is InChI=1S/C50H42FNO3.24H2/c1-9-14-15-16-17-18-19-20-21-22-23-24-25-26-27-28-29-30-31-32-33-34-35-39-48(53)52-46(45(51)38-36-40-50(6,7)8)41-54-49-44(13-5)42(11-3)43(12-4)47(55-49)37-10-2;;;;;;;;;;;;;;;;;;;;;;;;/h10-13,42-47,49H,2-5,36-38,40-41H2,1,6-8H3,(H,52,53);24*1H/t42-,43+,44?,45+,46-,47?,49-;;;;;;;;;;;;;;;;;;;;;;;;/m0......................../s1. The Morgan fingerprint density at radius 2 is 1.16 bits per heavy atom. The second-order valence-electron chi connectivity index (χ2n) is 12.5. The van der Waals surface area contributed by atoms with E-state index in [0.717, 1.165) is 6.42 Å². The van der Waals surface area contributed by atoms with E-state index in [2.05, 4.69) is 194 Å². The maximum Gasteiger partial charge on any atom is 0.297 e. The number of carbonyl (C=O) groups is 1. The first kappa shape index (κ1) is 46.0. The van der Waals surface area contributed by atoms with Gasteiger partial charge in [0.2, 0.25) is 0 Å². The average Bonchev–Trinajstić information content (AvgIpc) is 3.15. The van der Waals surface area contributed by atoms with Crippen LogP contribution in [0.3, 0.4) is 0 Å². The minimum atomic E-state index is -1.39. The van der Waals surface area contributed by atoms with Crippen LogP contribution in [0.2, 0.25) is 0 Å². The Hall–Kier alpha value is -7.00. The molecule has 1 fully saturated rings. The van der Waals surface area contributed by atoms with Crippen molar-refractivity contribution in [1.29, 1.82) is 0 Å². The van der Waals surface area contributed by atoms with Gasteiger partial charge in [-0.1, -0.05) is 51.0 Å². The summed E-state index contributed by atoms with van der Waals surface area (Å²) in [6, 6.07) is -0.981. The molecule has 320 valence electrons. The number of hydrogen-bond acceptors (Lipinski definition) is 3. The highest BCUT2D eigenvalue weighted by Crippen LogP contribution is 2.39. The molecule has 0 aliphatic carbocycles. The van der Waals surface area contributed by atoms with E-state index in [0.29, 0.717) is 12.8 Å². The molecule has 7 atom stereocenters. The van der Waals surface area contributed by atoms with Gasteiger partial charge in [-0.3, -0.25) is 4.79 Å². The lowest BCUT2D eigenvalue weighted by Gasteiger charge is -2.44. The Labute approximate surface area is 365 Å². The largest absolute Gasteiger partial charge is 0.350 e. The molecule has 55 heavy (non-hydrogen) atoms. The quantitative estimate of drug-likeness (QED) is 0.150. The van der Waals surface area contributed by atoms with Gasteiger partial charge in [0.05, 0.1) is 18.8 Å². The summed E-state index contributed by atoms with van der Waals surface area (Å²) in [4.78, 5) is 12.7. The van der Waals surface area contributed by atoms with Crippen molar-refractivity contribution < 1.29 is 52.9 Å². The van der Waals surface area contributed by atoms with Crippen LogP contribution in [0.1, 0.15) is 87.6 Å². The summed E-state index contributed by atoms with van der Waals surface area (Å²) in [5, 5.41) is 2.65. The molecule has 0 aromatic carbocycles. The van der Waals surface area contributed by atoms with Crippen molar-refractivity contribution in [2.75, 3.05) is 6.61 Å². The number of carbonyl (C=O) groups excluding carboxylic acids is 1. The summed E-state index contributed by atoms with van der Waals surface area (Å²) >= 11 is 0. The van der Waals surface area contributed by atoms with Gasteiger partial charge < -0.3 is 14.8 Å². The van der Waals surface area contributed by atoms with Crippen LogP contribution in [0.25, 0.3) is 0 Å². The Morgan fingerprint density at radius 3 is 1.56 bits per heavy atom. The molecule has 1 N–H and O–H groups in total. The first-order valence-electron chi connectivity index (χ1n) is 17.2. The molecule has 1 amide bonds. The van der Waals surface area contributed by atoms with Crippen molar-refractivity contribution in [1.82, 2.24) is 5.32 Å². The third-order valence-corrected chi connectivity index (χ3v) is 7.37. The molecule has 0 aromatic heterocycles. The molecule has 5 heteroatoms. The molecule has 1 aliphatic heterocycles. The number of allylic oxidation sites excluding steroid dienone is 1. The first-order chi connectivity index (χ1) is 26.6. The van der Waals surface area contributed by atoms with E-state index >= 15 is 4.39 Å². The van der Waals surface area contributed by atoms with Crippen LogP contribution in [0, 0.1) is 165 Å². The summed E-state index contributed by atoms with van der Waals surface area (Å²) in [5.74, 6) is 59.0. The van der Waals surface area contributed by atoms with Crippen LogP contribution in [-0.2, 0) is 14.3 Å². The van der Waals surface area contributed by atoms with E-state index in [1.807, 2.05) is 12.2 Å². The summed E-state index contributed by atoms with van der Waals surface area (Å²) in [7, 11) is 0. The fraction of sp³-hybridized carbons (Fsp3) is 0.340. The number of halogens is 1. The van der Waals surface area contributed by atoms with Crippen molar-refractivity contribution in [3.63, 3.8) is 0 Å². The molecular formula is C50H90FNO3. The molecule has 1 rings (SSSR count). The lowest BCUT2D eigenvalue weighted by atomic mass is 9.75. The highest BCUT2D eigenvalue weighted by atomic mass is 19.1. The molecule has 0 saturated carbocycles. The number of nitrogens with one attached hydrogen (secondary N) is 1. The molecule has 1 aliphatic rings. The monoisotopic (exact) mass is 772 g/mol. The maximum atomic E-state index is 15.6. The number of ether oxygens (including phenoxy) is 2. The summed E-state index contributed by atoms with van der Waals surface area (Å²) in [5.41, 5.74) is 0.0474. The molecule has 0 spiro atoms. The molecule has 1 heterocycles. The molecular weight excluding hydrogens is 682 g/mol. The Morgan fingerprint density at radius 1 is 0.727 bits per heavy atom. The predicted octanol–water partition coefficient (Wildman–Crippen LogP) is 11.7. The lowest BCUT2D eigenvalue weighted by Crippen LogP contribution is -2.50. The Balaban J connectivity index is -0.0000000573. The third-order valence-electron chi connectivity index (χ3n) is 7.37. The minimum absolute atomic E-state index is 0. The minimum Gasteiger partial charge on any atom is -0.350 e. The molecule has 2 unspecified atom stereocenters. The second-order valence-corrected chi connectivity index (χ2v) is 12.5. The van der Waals surface area contributed by atoms with Crippen LogP contribution >= 0.6 is 0 Å². The second kappa shape index (κ2) is 28.6. The van der Waals surface area contributed by atoms with Crippen LogP contribution in [0.4, 0.5) is 4.39 Å². The fourth-order valence-corrected chi connectivity index (χ4v) is 4.90. The van der Waals surface area contributed by atoms with Crippen LogP contribution in [0.15, 0.2) is 50.6 Å². The normalized spacial score (nSPS) is 17.7. The van der Waals surface area contributed by atoms with E-state index in [-0.39, 0.29) is 76.5 Å². The van der Waals surface area contributed by atoms with Crippen molar-refractivity contribution in [2.24, 2.45) is 23.2 Å². The summed E-state index contributed by atoms with van der Waals surface area (Å²) in [6.45, 7) is 23.6. The zero-order valence-electron chi connectivity index (χ0n) is 31.8. The highest BCUT2D eigenvalue weighted by molar-refractivity contribution is 5.94. The maximum absolute atomic E-state index is 15.6. The highest BCUT2D eigenvalue weighted by Gasteiger charge is 2.42. The first-order valence-corrected chi connectivity index (χ1v) is 17.2. The molecule has 4 nitrogen and oxygen atoms in total. The summed E-state index contributed by atoms with van der Waals surface area (Å²) in [6.07, 6.45) is 7.08. The van der Waals surface area contributed by atoms with Crippen LogP contribution in [0.5, 0.6) is 0 Å². The van der Waals surface area contributed by atoms with Gasteiger partial charge in [0.15, 0.2) is 6.29 Å². The molecule has 1 saturated heterocycles. The Bertz CT molecular complexity index is 2270. The number of rotatable bonds is 13. The van der Waals surface area contributed by atoms with Crippen molar-refractivity contribution in [3.05, 3.63) is 50.6 Å². The molecule has 0 aromatic rings. The van der Waals surface area contributed by atoms with Crippen molar-refractivity contribution >= 4 is 5.91 Å². The van der Waals surface area contributed by atoms with E-state index in [9.17, 15) is 4.79 Å². The van der Waals surface area contributed by atoms with E-state index in [4.69, 9.17) is 9.47 Å². The molecule has 0 bridgehead atoms. The van der Waals surface area contributed by atoms with Gasteiger partial charge in [-0.25, -0.2) is 4.39 Å². The zero-order valence-corrected chi connectivity index (χ0v) is 31.8. The fourth-order valence-electron chi connectivity index (χ4n) is 4.90. The van der Waals surface area contributed by atoms with Gasteiger partial charge in [-0.2, -0.15) is 0 Å². The SMILES string of the molecule is C=CCC1O[C@H](OC[C@H](NC(=O)C#CC#CC#CC#CC#CC#CC#CC#CC#CC#CC#CC#CC)[C@H](F)CCCC(C)(C)C)C(C=C)[C@@H](C=C)[C@H]1C=C.[HH].[HH].[HH].[HH].[HH].[HH].[HH].[HH].[HH].[HH].[HH].[HH].[HH].[HH].[HH].[HH].[HH].[HH].[HH].[HH].[HH].[HH].[HH].[HH]. The van der Waals surface area contributed by atoms with Crippen LogP contribution < -0.4 is 5.32 Å². The van der Waals surface area contributed by atoms with E-state index in [1.54, 1.807) is 19.1 Å². The average molecular weight is 772 g/mol. The summed E-state index contributed by atoms with van der Waals surface area (Å²) < 4.78 is 28.1. The van der Waals surface area contributed by atoms with Gasteiger partial charge in [0.25, 0.3) is 5.91 Å². The van der Waals surface area contributed by atoms with Gasteiger partial charge in [-0.15, -0.1) is 26.3 Å². The van der Waals surface area contributed by atoms with Gasteiger partial charge in [0, 0.05) is 87.5 Å². The van der Waals surface area contributed by atoms with Crippen molar-refractivity contribution in [2.45, 2.75) is 78.0 Å².